The molecular weight excluding hydrogens is 238 g/mol. The Bertz CT molecular complexity index is 388. The summed E-state index contributed by atoms with van der Waals surface area (Å²) in [6.45, 7) is 1.99. The normalized spacial score (nSPS) is 11.8. The predicted octanol–water partition coefficient (Wildman–Crippen LogP) is 3.76. The number of aliphatic hydroxyl groups is 1. The van der Waals surface area contributed by atoms with E-state index in [1.54, 1.807) is 0 Å². The number of hydrogen-bond donors (Lipinski definition) is 2. The maximum absolute atomic E-state index is 9.08. The van der Waals surface area contributed by atoms with Gasteiger partial charge in [0.25, 0.3) is 0 Å². The molecule has 0 aromatic heterocycles. The summed E-state index contributed by atoms with van der Waals surface area (Å²) < 4.78 is 0. The molecule has 0 bridgehead atoms. The van der Waals surface area contributed by atoms with Gasteiger partial charge in [0.15, 0.2) is 0 Å². The molecule has 0 radical (unpaired) electrons. The van der Waals surface area contributed by atoms with Crippen molar-refractivity contribution in [3.05, 3.63) is 35.4 Å². The fourth-order valence-corrected chi connectivity index (χ4v) is 2.20. The number of nitrogens with zero attached hydrogens (tertiary/aromatic N) is 1. The molecular formula is C16H25NO2. The van der Waals surface area contributed by atoms with Gasteiger partial charge in [0.05, 0.1) is 6.61 Å². The van der Waals surface area contributed by atoms with Crippen LogP contribution in [0.3, 0.4) is 0 Å². The van der Waals surface area contributed by atoms with Crippen LogP contribution in [0.1, 0.15) is 56.6 Å². The molecule has 0 saturated heterocycles. The second-order valence-corrected chi connectivity index (χ2v) is 4.92. The molecule has 0 fully saturated rings. The van der Waals surface area contributed by atoms with Crippen molar-refractivity contribution in [2.24, 2.45) is 5.16 Å². The van der Waals surface area contributed by atoms with Crippen molar-refractivity contribution in [2.45, 2.75) is 51.9 Å². The van der Waals surface area contributed by atoms with Gasteiger partial charge in [0.1, 0.15) is 5.71 Å². The van der Waals surface area contributed by atoms with Crippen LogP contribution >= 0.6 is 0 Å². The van der Waals surface area contributed by atoms with E-state index >= 15 is 0 Å². The van der Waals surface area contributed by atoms with E-state index in [1.165, 1.54) is 44.1 Å². The molecule has 2 N–H and O–H groups in total. The minimum Gasteiger partial charge on any atom is -0.411 e. The summed E-state index contributed by atoms with van der Waals surface area (Å²) in [5.74, 6) is 0. The summed E-state index contributed by atoms with van der Waals surface area (Å²) in [6, 6.07) is 7.89. The number of unbranched alkanes of at least 4 members (excludes halogenated alkanes) is 5. The van der Waals surface area contributed by atoms with Crippen LogP contribution < -0.4 is 0 Å². The number of aliphatic hydroxyl groups excluding tert-OH is 1. The van der Waals surface area contributed by atoms with Gasteiger partial charge in [0, 0.05) is 5.56 Å². The molecule has 106 valence electrons. The predicted molar refractivity (Wildman–Crippen MR) is 78.9 cm³/mol. The topological polar surface area (TPSA) is 52.8 Å². The number of rotatable bonds is 9. The Morgan fingerprint density at radius 1 is 1.11 bits per heavy atom. The minimum atomic E-state index is -0.239. The molecule has 19 heavy (non-hydrogen) atoms. The number of aryl methyl sites for hydroxylation is 1. The quantitative estimate of drug-likeness (QED) is 0.308. The van der Waals surface area contributed by atoms with E-state index in [4.69, 9.17) is 10.3 Å². The molecule has 3 heteroatoms. The van der Waals surface area contributed by atoms with Gasteiger partial charge in [-0.1, -0.05) is 62.4 Å². The molecule has 0 aliphatic rings. The lowest BCUT2D eigenvalue weighted by atomic mass is 10.0. The second-order valence-electron chi connectivity index (χ2n) is 4.92. The minimum absolute atomic E-state index is 0.239. The van der Waals surface area contributed by atoms with Crippen LogP contribution in [0.4, 0.5) is 0 Å². The largest absolute Gasteiger partial charge is 0.411 e. The van der Waals surface area contributed by atoms with Gasteiger partial charge in [-0.15, -0.1) is 0 Å². The van der Waals surface area contributed by atoms with Crippen LogP contribution in [0.25, 0.3) is 0 Å². The van der Waals surface area contributed by atoms with E-state index in [1.807, 2.05) is 18.2 Å². The van der Waals surface area contributed by atoms with Crippen molar-refractivity contribution in [2.75, 3.05) is 6.61 Å². The zero-order valence-electron chi connectivity index (χ0n) is 11.8. The summed E-state index contributed by atoms with van der Waals surface area (Å²) >= 11 is 0. The van der Waals surface area contributed by atoms with Crippen LogP contribution in [-0.2, 0) is 6.42 Å². The van der Waals surface area contributed by atoms with Crippen molar-refractivity contribution in [1.29, 1.82) is 0 Å². The molecule has 0 unspecified atom stereocenters. The molecule has 0 amide bonds. The maximum Gasteiger partial charge on any atom is 0.112 e. The van der Waals surface area contributed by atoms with E-state index in [0.29, 0.717) is 5.71 Å². The van der Waals surface area contributed by atoms with E-state index in [-0.39, 0.29) is 6.61 Å². The molecule has 0 atom stereocenters. The van der Waals surface area contributed by atoms with Gasteiger partial charge in [-0.25, -0.2) is 0 Å². The first-order valence-electron chi connectivity index (χ1n) is 7.23. The van der Waals surface area contributed by atoms with Gasteiger partial charge in [0.2, 0.25) is 0 Å². The maximum atomic E-state index is 9.08. The van der Waals surface area contributed by atoms with Gasteiger partial charge in [-0.3, -0.25) is 0 Å². The van der Waals surface area contributed by atoms with E-state index in [0.717, 1.165) is 12.0 Å². The third-order valence-corrected chi connectivity index (χ3v) is 3.35. The standard InChI is InChI=1S/C16H25NO2/c1-2-3-4-5-6-7-9-14-10-8-11-15(12-14)16(13-18)17-19/h8,10-12,18-19H,2-7,9,13H2,1H3. The fourth-order valence-electron chi connectivity index (χ4n) is 2.20. The molecule has 0 heterocycles. The van der Waals surface area contributed by atoms with Crippen LogP contribution in [0.15, 0.2) is 29.4 Å². The zero-order chi connectivity index (χ0) is 13.9. The SMILES string of the molecule is CCCCCCCCc1cccc(C(CO)=NO)c1. The van der Waals surface area contributed by atoms with E-state index in [2.05, 4.69) is 18.1 Å². The summed E-state index contributed by atoms with van der Waals surface area (Å²) in [5, 5.41) is 21.0. The highest BCUT2D eigenvalue weighted by Crippen LogP contribution is 2.12. The molecule has 0 spiro atoms. The van der Waals surface area contributed by atoms with Crippen LogP contribution in [0.2, 0.25) is 0 Å². The average Bonchev–Trinajstić information content (AvgIpc) is 2.45. The molecule has 1 aromatic carbocycles. The average molecular weight is 263 g/mol. The third kappa shape index (κ3) is 5.88. The summed E-state index contributed by atoms with van der Waals surface area (Å²) in [7, 11) is 0. The molecule has 0 aliphatic carbocycles. The van der Waals surface area contributed by atoms with Crippen LogP contribution in [-0.4, -0.2) is 22.6 Å². The molecule has 0 saturated carbocycles. The zero-order valence-corrected chi connectivity index (χ0v) is 11.8. The highest BCUT2D eigenvalue weighted by molar-refractivity contribution is 6.01. The Morgan fingerprint density at radius 3 is 2.53 bits per heavy atom. The Balaban J connectivity index is 2.40. The van der Waals surface area contributed by atoms with Crippen molar-refractivity contribution in [1.82, 2.24) is 0 Å². The summed E-state index contributed by atoms with van der Waals surface area (Å²) in [4.78, 5) is 0. The highest BCUT2D eigenvalue weighted by Gasteiger charge is 2.03. The summed E-state index contributed by atoms with van der Waals surface area (Å²) in [6.07, 6.45) is 8.78. The number of benzene rings is 1. The van der Waals surface area contributed by atoms with Gasteiger partial charge < -0.3 is 10.3 Å². The Morgan fingerprint density at radius 2 is 1.84 bits per heavy atom. The Labute approximate surface area is 116 Å². The van der Waals surface area contributed by atoms with Crippen LogP contribution in [0, 0.1) is 0 Å². The smallest absolute Gasteiger partial charge is 0.112 e. The van der Waals surface area contributed by atoms with Gasteiger partial charge >= 0.3 is 0 Å². The van der Waals surface area contributed by atoms with Crippen molar-refractivity contribution < 1.29 is 10.3 Å². The summed E-state index contributed by atoms with van der Waals surface area (Å²) in [5.41, 5.74) is 2.36. The lowest BCUT2D eigenvalue weighted by molar-refractivity contribution is 0.304. The highest BCUT2D eigenvalue weighted by atomic mass is 16.4. The molecule has 3 nitrogen and oxygen atoms in total. The Kier molecular flexibility index (Phi) is 7.91. The molecule has 0 aliphatic heterocycles. The van der Waals surface area contributed by atoms with Crippen LogP contribution in [0.5, 0.6) is 0 Å². The Hall–Kier alpha value is -1.35. The number of hydrogen-bond acceptors (Lipinski definition) is 3. The van der Waals surface area contributed by atoms with E-state index in [9.17, 15) is 0 Å². The molecule has 1 rings (SSSR count). The van der Waals surface area contributed by atoms with Gasteiger partial charge in [-0.2, -0.15) is 0 Å². The van der Waals surface area contributed by atoms with Gasteiger partial charge in [-0.05, 0) is 24.5 Å². The third-order valence-electron chi connectivity index (χ3n) is 3.35. The first-order valence-corrected chi connectivity index (χ1v) is 7.23. The first-order chi connectivity index (χ1) is 9.31. The van der Waals surface area contributed by atoms with E-state index < -0.39 is 0 Å². The fraction of sp³-hybridized carbons (Fsp3) is 0.562. The first kappa shape index (κ1) is 15.7. The molecule has 1 aromatic rings. The van der Waals surface area contributed by atoms with Crippen molar-refractivity contribution >= 4 is 5.71 Å². The lowest BCUT2D eigenvalue weighted by Crippen LogP contribution is -2.06. The second kappa shape index (κ2) is 9.56. The number of oxime groups is 1. The monoisotopic (exact) mass is 263 g/mol. The lowest BCUT2D eigenvalue weighted by Gasteiger charge is -2.05. The van der Waals surface area contributed by atoms with Crippen molar-refractivity contribution in [3.63, 3.8) is 0 Å². The van der Waals surface area contributed by atoms with Crippen molar-refractivity contribution in [3.8, 4) is 0 Å².